The molecule has 4 rings (SSSR count). The van der Waals surface area contributed by atoms with Crippen molar-refractivity contribution in [1.29, 1.82) is 0 Å². The first kappa shape index (κ1) is 18.1. The smallest absolute Gasteiger partial charge is 0.236 e. The number of benzene rings is 1. The van der Waals surface area contributed by atoms with Crippen LogP contribution in [0.1, 0.15) is 51.6 Å². The Labute approximate surface area is 163 Å². The van der Waals surface area contributed by atoms with E-state index in [-0.39, 0.29) is 11.5 Å². The van der Waals surface area contributed by atoms with Gasteiger partial charge in [-0.05, 0) is 24.8 Å². The lowest BCUT2D eigenvalue weighted by atomic mass is 9.83. The third-order valence-corrected chi connectivity index (χ3v) is 5.11. The molecule has 1 unspecified atom stereocenters. The van der Waals surface area contributed by atoms with E-state index in [0.717, 1.165) is 17.5 Å². The number of ether oxygens (including phenoxy) is 1. The third-order valence-electron chi connectivity index (χ3n) is 5.11. The van der Waals surface area contributed by atoms with E-state index in [2.05, 4.69) is 46.1 Å². The van der Waals surface area contributed by atoms with Gasteiger partial charge in [-0.25, -0.2) is 4.98 Å². The zero-order chi connectivity index (χ0) is 19.7. The number of H-pyrrole nitrogens is 1. The maximum Gasteiger partial charge on any atom is 0.236 e. The minimum absolute atomic E-state index is 0.135. The fourth-order valence-corrected chi connectivity index (χ4v) is 2.98. The quantitative estimate of drug-likeness (QED) is 0.550. The molecule has 0 saturated heterocycles. The summed E-state index contributed by atoms with van der Waals surface area (Å²) in [6.45, 7) is 8.40. The Bertz CT molecular complexity index is 1070. The summed E-state index contributed by atoms with van der Waals surface area (Å²) in [4.78, 5) is 4.19. The van der Waals surface area contributed by atoms with Crippen LogP contribution < -0.4 is 4.74 Å². The van der Waals surface area contributed by atoms with E-state index in [1.807, 2.05) is 43.3 Å². The average Bonchev–Trinajstić information content (AvgIpc) is 3.38. The molecule has 0 aliphatic carbocycles. The summed E-state index contributed by atoms with van der Waals surface area (Å²) in [5.74, 6) is 1.86. The van der Waals surface area contributed by atoms with E-state index < -0.39 is 0 Å². The monoisotopic (exact) mass is 377 g/mol. The van der Waals surface area contributed by atoms with Crippen LogP contribution in [0.25, 0.3) is 17.0 Å². The lowest BCUT2D eigenvalue weighted by Crippen LogP contribution is -2.20. The number of nitrogens with zero attached hydrogens (tertiary/aromatic N) is 6. The van der Waals surface area contributed by atoms with Gasteiger partial charge in [0, 0.05) is 11.1 Å². The molecule has 1 aromatic carbocycles. The van der Waals surface area contributed by atoms with Crippen molar-refractivity contribution in [3.05, 3.63) is 54.1 Å². The number of nitrogens with one attached hydrogen (secondary N) is 1. The predicted molar refractivity (Wildman–Crippen MR) is 105 cm³/mol. The molecule has 1 N–H and O–H groups in total. The lowest BCUT2D eigenvalue weighted by Gasteiger charge is -2.26. The first-order valence-corrected chi connectivity index (χ1v) is 9.34. The second-order valence-electron chi connectivity index (χ2n) is 7.39. The molecule has 0 bridgehead atoms. The van der Waals surface area contributed by atoms with Crippen LogP contribution in [0, 0.1) is 0 Å². The van der Waals surface area contributed by atoms with Gasteiger partial charge in [0.05, 0.1) is 0 Å². The topological polar surface area (TPSA) is 93.9 Å². The van der Waals surface area contributed by atoms with Crippen molar-refractivity contribution in [2.45, 2.75) is 45.6 Å². The number of rotatable bonds is 6. The van der Waals surface area contributed by atoms with Crippen LogP contribution in [0.4, 0.5) is 0 Å². The highest BCUT2D eigenvalue weighted by molar-refractivity contribution is 5.59. The summed E-state index contributed by atoms with van der Waals surface area (Å²) in [5, 5.41) is 20.2. The minimum Gasteiger partial charge on any atom is -0.465 e. The van der Waals surface area contributed by atoms with Gasteiger partial charge in [0.2, 0.25) is 5.88 Å². The molecule has 0 aliphatic heterocycles. The molecule has 4 aromatic rings. The van der Waals surface area contributed by atoms with E-state index in [9.17, 15) is 0 Å². The number of fused-ring (bicyclic) bond motifs is 1. The van der Waals surface area contributed by atoms with Crippen LogP contribution in [0.2, 0.25) is 0 Å². The maximum atomic E-state index is 6.23. The second kappa shape index (κ2) is 7.03. The highest BCUT2D eigenvalue weighted by Gasteiger charge is 2.27. The van der Waals surface area contributed by atoms with Crippen LogP contribution in [0.15, 0.2) is 42.7 Å². The Hall–Kier alpha value is -3.29. The zero-order valence-electron chi connectivity index (χ0n) is 16.4. The van der Waals surface area contributed by atoms with Crippen molar-refractivity contribution in [2.24, 2.45) is 0 Å². The van der Waals surface area contributed by atoms with Crippen molar-refractivity contribution in [2.75, 3.05) is 0 Å². The first-order chi connectivity index (χ1) is 13.5. The van der Waals surface area contributed by atoms with Crippen LogP contribution in [-0.2, 0) is 5.41 Å². The molecule has 0 amide bonds. The third kappa shape index (κ3) is 3.21. The number of hydrogen-bond donors (Lipinski definition) is 1. The largest absolute Gasteiger partial charge is 0.465 e. The molecule has 8 heteroatoms. The van der Waals surface area contributed by atoms with E-state index in [0.29, 0.717) is 23.2 Å². The first-order valence-electron chi connectivity index (χ1n) is 9.34. The lowest BCUT2D eigenvalue weighted by molar-refractivity contribution is 0.198. The van der Waals surface area contributed by atoms with Crippen molar-refractivity contribution >= 4 is 5.65 Å². The van der Waals surface area contributed by atoms with Crippen molar-refractivity contribution < 1.29 is 4.74 Å². The Morgan fingerprint density at radius 1 is 1.18 bits per heavy atom. The van der Waals surface area contributed by atoms with Gasteiger partial charge >= 0.3 is 0 Å². The van der Waals surface area contributed by atoms with Crippen LogP contribution >= 0.6 is 0 Å². The van der Waals surface area contributed by atoms with E-state index in [1.165, 1.54) is 6.33 Å². The van der Waals surface area contributed by atoms with Crippen molar-refractivity contribution in [3.8, 4) is 17.3 Å². The summed E-state index contributed by atoms with van der Waals surface area (Å²) in [5.41, 5.74) is 2.49. The van der Waals surface area contributed by atoms with Gasteiger partial charge in [-0.2, -0.15) is 9.61 Å². The summed E-state index contributed by atoms with van der Waals surface area (Å²) in [7, 11) is 0. The molecular formula is C20H23N7O. The summed E-state index contributed by atoms with van der Waals surface area (Å²) in [6, 6.07) is 11.9. The van der Waals surface area contributed by atoms with E-state index in [4.69, 9.17) is 9.84 Å². The average molecular weight is 377 g/mol. The minimum atomic E-state index is -0.324. The molecule has 0 aliphatic rings. The van der Waals surface area contributed by atoms with Gasteiger partial charge in [-0.15, -0.1) is 15.3 Å². The molecule has 1 atom stereocenters. The SMILES string of the molecule is CCC(C)(C)c1cc2nnc(-c3ccccc3)n2nc1OC(C)c1ncn[nH]1. The zero-order valence-corrected chi connectivity index (χ0v) is 16.4. The molecule has 0 spiro atoms. The fourth-order valence-electron chi connectivity index (χ4n) is 2.98. The summed E-state index contributed by atoms with van der Waals surface area (Å²) >= 11 is 0. The normalized spacial score (nSPS) is 13.0. The molecule has 144 valence electrons. The Balaban J connectivity index is 1.85. The molecular weight excluding hydrogens is 354 g/mol. The number of aromatic amines is 1. The van der Waals surface area contributed by atoms with Crippen molar-refractivity contribution in [1.82, 2.24) is 35.0 Å². The summed E-state index contributed by atoms with van der Waals surface area (Å²) in [6.07, 6.45) is 2.07. The number of hydrogen-bond acceptors (Lipinski definition) is 6. The fraction of sp³-hybridized carbons (Fsp3) is 0.350. The van der Waals surface area contributed by atoms with E-state index >= 15 is 0 Å². The molecule has 3 aromatic heterocycles. The van der Waals surface area contributed by atoms with Gasteiger partial charge in [0.1, 0.15) is 6.33 Å². The molecule has 3 heterocycles. The Kier molecular flexibility index (Phi) is 4.54. The standard InChI is InChI=1S/C20H23N7O/c1-5-20(3,4)15-11-16-23-25-18(14-9-7-6-8-10-14)27(16)26-19(15)28-13(2)17-21-12-22-24-17/h6-13H,5H2,1-4H3,(H,21,22,24). The van der Waals surface area contributed by atoms with Gasteiger partial charge < -0.3 is 4.74 Å². The molecule has 0 radical (unpaired) electrons. The summed E-state index contributed by atoms with van der Waals surface area (Å²) < 4.78 is 7.95. The maximum absolute atomic E-state index is 6.23. The molecule has 28 heavy (non-hydrogen) atoms. The van der Waals surface area contributed by atoms with Gasteiger partial charge in [-0.1, -0.05) is 51.1 Å². The Morgan fingerprint density at radius 2 is 1.96 bits per heavy atom. The van der Waals surface area contributed by atoms with Crippen LogP contribution in [0.3, 0.4) is 0 Å². The van der Waals surface area contributed by atoms with E-state index in [1.54, 1.807) is 4.52 Å². The molecule has 8 nitrogen and oxygen atoms in total. The van der Waals surface area contributed by atoms with Gasteiger partial charge in [0.25, 0.3) is 0 Å². The van der Waals surface area contributed by atoms with Gasteiger partial charge in [-0.3, -0.25) is 5.10 Å². The number of aromatic nitrogens is 7. The predicted octanol–water partition coefficient (Wildman–Crippen LogP) is 3.74. The molecule has 0 fully saturated rings. The highest BCUT2D eigenvalue weighted by Crippen LogP contribution is 2.35. The Morgan fingerprint density at radius 3 is 2.64 bits per heavy atom. The highest BCUT2D eigenvalue weighted by atomic mass is 16.5. The van der Waals surface area contributed by atoms with Crippen LogP contribution in [0.5, 0.6) is 5.88 Å². The van der Waals surface area contributed by atoms with Crippen LogP contribution in [-0.4, -0.2) is 35.0 Å². The molecule has 0 saturated carbocycles. The second-order valence-corrected chi connectivity index (χ2v) is 7.39. The van der Waals surface area contributed by atoms with Crippen molar-refractivity contribution in [3.63, 3.8) is 0 Å². The van der Waals surface area contributed by atoms with Gasteiger partial charge in [0.15, 0.2) is 23.4 Å².